The van der Waals surface area contributed by atoms with Gasteiger partial charge in [-0.25, -0.2) is 4.99 Å². The molecule has 0 aliphatic carbocycles. The van der Waals surface area contributed by atoms with Crippen LogP contribution in [0.5, 0.6) is 5.75 Å². The summed E-state index contributed by atoms with van der Waals surface area (Å²) in [5.41, 5.74) is 2.58. The minimum Gasteiger partial charge on any atom is -0.493 e. The molecular weight excluding hydrogens is 380 g/mol. The van der Waals surface area contributed by atoms with Gasteiger partial charge in [0.25, 0.3) is 5.91 Å². The Morgan fingerprint density at radius 1 is 1.26 bits per heavy atom. The Kier molecular flexibility index (Phi) is 6.58. The van der Waals surface area contributed by atoms with Crippen LogP contribution in [0.2, 0.25) is 5.02 Å². The first-order chi connectivity index (χ1) is 13.1. The van der Waals surface area contributed by atoms with E-state index in [0.717, 1.165) is 29.7 Å². The summed E-state index contributed by atoms with van der Waals surface area (Å²) in [5.74, 6) is 0.614. The third-order valence-corrected chi connectivity index (χ3v) is 5.32. The number of amidine groups is 1. The lowest BCUT2D eigenvalue weighted by Gasteiger charge is -2.08. The summed E-state index contributed by atoms with van der Waals surface area (Å²) < 4.78 is 5.84. The monoisotopic (exact) mass is 400 g/mol. The predicted octanol–water partition coefficient (Wildman–Crippen LogP) is 5.72. The van der Waals surface area contributed by atoms with Crippen LogP contribution in [-0.4, -0.2) is 17.7 Å². The highest BCUT2D eigenvalue weighted by molar-refractivity contribution is 8.18. The summed E-state index contributed by atoms with van der Waals surface area (Å²) in [5, 5.41) is 3.99. The first-order valence-electron chi connectivity index (χ1n) is 8.84. The lowest BCUT2D eigenvalue weighted by Crippen LogP contribution is -2.19. The molecule has 0 radical (unpaired) electrons. The lowest BCUT2D eigenvalue weighted by atomic mass is 10.2. The highest BCUT2D eigenvalue weighted by atomic mass is 35.5. The third-order valence-electron chi connectivity index (χ3n) is 4.00. The fourth-order valence-electron chi connectivity index (χ4n) is 2.45. The van der Waals surface area contributed by atoms with Gasteiger partial charge in [-0.05, 0) is 54.9 Å². The molecule has 0 unspecified atom stereocenters. The molecule has 0 aromatic heterocycles. The second kappa shape index (κ2) is 9.11. The fourth-order valence-corrected chi connectivity index (χ4v) is 3.46. The predicted molar refractivity (Wildman–Crippen MR) is 114 cm³/mol. The number of ether oxygens (including phenoxy) is 1. The van der Waals surface area contributed by atoms with Gasteiger partial charge in [-0.15, -0.1) is 0 Å². The van der Waals surface area contributed by atoms with E-state index >= 15 is 0 Å². The number of nitrogens with one attached hydrogen (secondary N) is 1. The van der Waals surface area contributed by atoms with E-state index in [1.807, 2.05) is 49.4 Å². The van der Waals surface area contributed by atoms with Crippen molar-refractivity contribution in [1.82, 2.24) is 5.32 Å². The molecular formula is C21H21ClN2O2S. The molecule has 0 bridgehead atoms. The van der Waals surface area contributed by atoms with E-state index in [1.54, 1.807) is 6.07 Å². The van der Waals surface area contributed by atoms with E-state index in [4.69, 9.17) is 16.3 Å². The molecule has 1 fully saturated rings. The van der Waals surface area contributed by atoms with Crippen molar-refractivity contribution in [3.63, 3.8) is 0 Å². The zero-order chi connectivity index (χ0) is 19.2. The first-order valence-corrected chi connectivity index (χ1v) is 10.0. The second-order valence-corrected chi connectivity index (χ2v) is 7.59. The fraction of sp³-hybridized carbons (Fsp3) is 0.238. The van der Waals surface area contributed by atoms with Gasteiger partial charge in [0, 0.05) is 10.6 Å². The van der Waals surface area contributed by atoms with E-state index in [-0.39, 0.29) is 5.91 Å². The molecule has 0 saturated carbocycles. The van der Waals surface area contributed by atoms with Crippen LogP contribution in [0.25, 0.3) is 6.08 Å². The Labute approximate surface area is 168 Å². The number of hydrogen-bond acceptors (Lipinski definition) is 4. The number of halogens is 1. The summed E-state index contributed by atoms with van der Waals surface area (Å²) in [7, 11) is 0. The topological polar surface area (TPSA) is 50.7 Å². The second-order valence-electron chi connectivity index (χ2n) is 6.16. The number of thioether (sulfide) groups is 1. The molecule has 2 aromatic rings. The highest BCUT2D eigenvalue weighted by Crippen LogP contribution is 2.31. The van der Waals surface area contributed by atoms with Crippen molar-refractivity contribution in [3.8, 4) is 5.75 Å². The summed E-state index contributed by atoms with van der Waals surface area (Å²) in [6.07, 6.45) is 3.91. The van der Waals surface area contributed by atoms with Crippen LogP contribution in [0.4, 0.5) is 5.69 Å². The van der Waals surface area contributed by atoms with E-state index < -0.39 is 0 Å². The molecule has 4 nitrogen and oxygen atoms in total. The standard InChI is InChI=1S/C21H21ClN2O2S/c1-3-4-11-26-18-8-6-5-7-15(18)12-19-20(25)24-21(27-19)23-16-10-9-14(2)17(22)13-16/h5-10,12-13H,3-4,11H2,1-2H3,(H,23,24,25). The van der Waals surface area contributed by atoms with E-state index in [2.05, 4.69) is 17.2 Å². The Hall–Kier alpha value is -2.24. The minimum atomic E-state index is -0.166. The summed E-state index contributed by atoms with van der Waals surface area (Å²) >= 11 is 7.45. The van der Waals surface area contributed by atoms with Gasteiger partial charge in [-0.1, -0.05) is 49.2 Å². The largest absolute Gasteiger partial charge is 0.493 e. The average Bonchev–Trinajstić information content (AvgIpc) is 2.99. The zero-order valence-electron chi connectivity index (χ0n) is 15.3. The zero-order valence-corrected chi connectivity index (χ0v) is 16.9. The van der Waals surface area contributed by atoms with Crippen molar-refractivity contribution in [1.29, 1.82) is 0 Å². The van der Waals surface area contributed by atoms with Gasteiger partial charge < -0.3 is 10.1 Å². The number of aliphatic imine (C=N–C) groups is 1. The minimum absolute atomic E-state index is 0.166. The lowest BCUT2D eigenvalue weighted by molar-refractivity contribution is -0.115. The van der Waals surface area contributed by atoms with Crippen LogP contribution in [0.15, 0.2) is 52.4 Å². The van der Waals surface area contributed by atoms with E-state index in [1.165, 1.54) is 11.8 Å². The highest BCUT2D eigenvalue weighted by Gasteiger charge is 2.24. The SMILES string of the molecule is CCCCOc1ccccc1C=C1SC(=Nc2ccc(C)c(Cl)c2)NC1=O. The molecule has 0 spiro atoms. The van der Waals surface area contributed by atoms with Crippen LogP contribution >= 0.6 is 23.4 Å². The normalized spacial score (nSPS) is 16.8. The summed E-state index contributed by atoms with van der Waals surface area (Å²) in [6, 6.07) is 13.3. The number of aryl methyl sites for hydroxylation is 1. The molecule has 3 rings (SSSR count). The van der Waals surface area contributed by atoms with Crippen LogP contribution in [0.3, 0.4) is 0 Å². The van der Waals surface area contributed by atoms with Crippen molar-refractivity contribution < 1.29 is 9.53 Å². The van der Waals surface area contributed by atoms with Crippen LogP contribution in [0.1, 0.15) is 30.9 Å². The molecule has 1 aliphatic heterocycles. The molecule has 1 N–H and O–H groups in total. The Morgan fingerprint density at radius 2 is 2.07 bits per heavy atom. The maximum Gasteiger partial charge on any atom is 0.264 e. The molecule has 6 heteroatoms. The van der Waals surface area contributed by atoms with Gasteiger partial charge in [0.15, 0.2) is 5.17 Å². The number of carbonyl (C=O) groups is 1. The summed E-state index contributed by atoms with van der Waals surface area (Å²) in [4.78, 5) is 17.4. The molecule has 0 atom stereocenters. The van der Waals surface area contributed by atoms with Crippen molar-refractivity contribution in [3.05, 3.63) is 63.5 Å². The number of benzene rings is 2. The van der Waals surface area contributed by atoms with E-state index in [9.17, 15) is 4.79 Å². The molecule has 2 aromatic carbocycles. The number of unbranched alkanes of at least 4 members (excludes halogenated alkanes) is 1. The maximum atomic E-state index is 12.3. The smallest absolute Gasteiger partial charge is 0.264 e. The van der Waals surface area contributed by atoms with Crippen molar-refractivity contribution in [2.45, 2.75) is 26.7 Å². The number of rotatable bonds is 6. The molecule has 1 amide bonds. The molecule has 1 heterocycles. The number of carbonyl (C=O) groups excluding carboxylic acids is 1. The number of hydrogen-bond donors (Lipinski definition) is 1. The Bertz CT molecular complexity index is 909. The number of nitrogens with zero attached hydrogens (tertiary/aromatic N) is 1. The van der Waals surface area contributed by atoms with Crippen molar-refractivity contribution in [2.75, 3.05) is 6.61 Å². The van der Waals surface area contributed by atoms with Gasteiger partial charge in [-0.3, -0.25) is 4.79 Å². The number of amides is 1. The molecule has 140 valence electrons. The van der Waals surface area contributed by atoms with Gasteiger partial charge in [0.05, 0.1) is 17.2 Å². The van der Waals surface area contributed by atoms with Crippen molar-refractivity contribution in [2.24, 2.45) is 4.99 Å². The van der Waals surface area contributed by atoms with Crippen LogP contribution < -0.4 is 10.1 Å². The Morgan fingerprint density at radius 3 is 2.85 bits per heavy atom. The summed E-state index contributed by atoms with van der Waals surface area (Å²) in [6.45, 7) is 4.72. The Balaban J connectivity index is 1.79. The third kappa shape index (κ3) is 5.15. The van der Waals surface area contributed by atoms with Crippen LogP contribution in [-0.2, 0) is 4.79 Å². The molecule has 1 aliphatic rings. The molecule has 1 saturated heterocycles. The average molecular weight is 401 g/mol. The van der Waals surface area contributed by atoms with Crippen molar-refractivity contribution >= 4 is 46.2 Å². The number of para-hydroxylation sites is 1. The maximum absolute atomic E-state index is 12.3. The van der Waals surface area contributed by atoms with E-state index in [0.29, 0.717) is 27.4 Å². The first kappa shape index (κ1) is 19.5. The van der Waals surface area contributed by atoms with Gasteiger partial charge in [0.1, 0.15) is 5.75 Å². The van der Waals surface area contributed by atoms with Gasteiger partial charge in [0.2, 0.25) is 0 Å². The van der Waals surface area contributed by atoms with Gasteiger partial charge >= 0.3 is 0 Å². The van der Waals surface area contributed by atoms with Crippen LogP contribution in [0, 0.1) is 6.92 Å². The van der Waals surface area contributed by atoms with Gasteiger partial charge in [-0.2, -0.15) is 0 Å². The molecule has 27 heavy (non-hydrogen) atoms. The quantitative estimate of drug-likeness (QED) is 0.498.